The smallest absolute Gasteiger partial charge is 0.0533 e. The lowest BCUT2D eigenvalue weighted by molar-refractivity contribution is 0.445. The Bertz CT molecular complexity index is 478. The quantitative estimate of drug-likeness (QED) is 0.871. The summed E-state index contributed by atoms with van der Waals surface area (Å²) in [6, 6.07) is 4.81. The summed E-state index contributed by atoms with van der Waals surface area (Å²) in [4.78, 5) is 4.60. The van der Waals surface area contributed by atoms with Crippen LogP contribution < -0.4 is 5.32 Å². The maximum atomic E-state index is 4.60. The second-order valence-electron chi connectivity index (χ2n) is 4.39. The average Bonchev–Trinajstić information content (AvgIpc) is 2.83. The summed E-state index contributed by atoms with van der Waals surface area (Å²) in [5.74, 6) is 0.457. The van der Waals surface area contributed by atoms with Gasteiger partial charge in [0, 0.05) is 28.2 Å². The lowest BCUT2D eigenvalue weighted by Gasteiger charge is -2.23. The van der Waals surface area contributed by atoms with Crippen LogP contribution >= 0.6 is 11.3 Å². The van der Waals surface area contributed by atoms with Crippen LogP contribution in [-0.2, 0) is 0 Å². The van der Waals surface area contributed by atoms with Crippen LogP contribution in [0.5, 0.6) is 0 Å². The first-order valence-corrected chi connectivity index (χ1v) is 7.21. The van der Waals surface area contributed by atoms with Crippen LogP contribution in [0, 0.1) is 0 Å². The molecule has 0 fully saturated rings. The van der Waals surface area contributed by atoms with Crippen molar-refractivity contribution in [2.24, 2.45) is 0 Å². The Morgan fingerprint density at radius 3 is 2.88 bits per heavy atom. The van der Waals surface area contributed by atoms with Crippen LogP contribution in [0.4, 0.5) is 0 Å². The minimum atomic E-state index is 0.457. The molecule has 0 bridgehead atoms. The van der Waals surface area contributed by atoms with Gasteiger partial charge < -0.3 is 5.32 Å². The van der Waals surface area contributed by atoms with Crippen LogP contribution in [0.3, 0.4) is 0 Å². The van der Waals surface area contributed by atoms with Crippen molar-refractivity contribution in [1.29, 1.82) is 0 Å². The summed E-state index contributed by atoms with van der Waals surface area (Å²) in [5, 5.41) is 7.02. The molecule has 0 saturated carbocycles. The predicted molar refractivity (Wildman–Crippen MR) is 75.8 cm³/mol. The highest BCUT2D eigenvalue weighted by Crippen LogP contribution is 2.29. The largest absolute Gasteiger partial charge is 0.314 e. The maximum Gasteiger partial charge on any atom is 0.0533 e. The van der Waals surface area contributed by atoms with Gasteiger partial charge in [-0.15, -0.1) is 11.3 Å². The van der Waals surface area contributed by atoms with Crippen LogP contribution in [-0.4, -0.2) is 17.6 Å². The molecule has 17 heavy (non-hydrogen) atoms. The fourth-order valence-electron chi connectivity index (χ4n) is 2.41. The van der Waals surface area contributed by atoms with Crippen LogP contribution in [0.1, 0.15) is 38.8 Å². The van der Waals surface area contributed by atoms with Crippen LogP contribution in [0.15, 0.2) is 23.7 Å². The molecule has 2 aromatic heterocycles. The minimum absolute atomic E-state index is 0.457. The van der Waals surface area contributed by atoms with Crippen molar-refractivity contribution in [3.05, 3.63) is 29.4 Å². The van der Waals surface area contributed by atoms with Crippen molar-refractivity contribution in [3.8, 4) is 0 Å². The molecule has 2 aromatic rings. The Hall–Kier alpha value is -0.930. The third-order valence-electron chi connectivity index (χ3n) is 3.35. The van der Waals surface area contributed by atoms with E-state index in [-0.39, 0.29) is 0 Å². The predicted octanol–water partition coefficient (Wildman–Crippen LogP) is 3.79. The molecule has 0 aliphatic heterocycles. The number of hydrogen-bond acceptors (Lipinski definition) is 3. The van der Waals surface area contributed by atoms with E-state index in [2.05, 4.69) is 48.6 Å². The third-order valence-corrected chi connectivity index (χ3v) is 4.23. The van der Waals surface area contributed by atoms with Crippen molar-refractivity contribution in [2.75, 3.05) is 6.54 Å². The van der Waals surface area contributed by atoms with Crippen molar-refractivity contribution in [3.63, 3.8) is 0 Å². The molecule has 2 unspecified atom stereocenters. The molecule has 1 N–H and O–H groups in total. The summed E-state index contributed by atoms with van der Waals surface area (Å²) in [6.07, 6.45) is 3.07. The van der Waals surface area contributed by atoms with Crippen molar-refractivity contribution < 1.29 is 0 Å². The number of nitrogens with zero attached hydrogens (tertiary/aromatic N) is 1. The third kappa shape index (κ3) is 2.50. The number of fused-ring (bicyclic) bond motifs is 1. The van der Waals surface area contributed by atoms with E-state index in [9.17, 15) is 0 Å². The molecular weight excluding hydrogens is 228 g/mol. The zero-order chi connectivity index (χ0) is 12.3. The van der Waals surface area contributed by atoms with Gasteiger partial charge in [0.1, 0.15) is 0 Å². The summed E-state index contributed by atoms with van der Waals surface area (Å²) >= 11 is 1.79. The lowest BCUT2D eigenvalue weighted by Crippen LogP contribution is -2.33. The number of aromatic nitrogens is 1. The van der Waals surface area contributed by atoms with Gasteiger partial charge in [-0.3, -0.25) is 4.98 Å². The highest BCUT2D eigenvalue weighted by molar-refractivity contribution is 7.17. The molecule has 0 spiro atoms. The van der Waals surface area contributed by atoms with E-state index in [1.54, 1.807) is 11.3 Å². The molecule has 2 rings (SSSR count). The number of hydrogen-bond donors (Lipinski definition) is 1. The molecule has 0 saturated heterocycles. The van der Waals surface area contributed by atoms with Crippen molar-refractivity contribution in [1.82, 2.24) is 10.3 Å². The molecule has 2 atom stereocenters. The maximum absolute atomic E-state index is 4.60. The van der Waals surface area contributed by atoms with Crippen LogP contribution in [0.2, 0.25) is 0 Å². The average molecular weight is 248 g/mol. The molecule has 0 aliphatic rings. The normalized spacial score (nSPS) is 15.0. The number of likely N-dealkylation sites (N-methyl/N-ethyl adjacent to an activating group) is 1. The second kappa shape index (κ2) is 5.61. The summed E-state index contributed by atoms with van der Waals surface area (Å²) < 4.78 is 1.34. The van der Waals surface area contributed by atoms with Gasteiger partial charge in [0.2, 0.25) is 0 Å². The Balaban J connectivity index is 2.34. The van der Waals surface area contributed by atoms with Gasteiger partial charge in [-0.25, -0.2) is 0 Å². The SMILES string of the molecule is CCNC(CC)C(C)c1nccc2sccc12. The summed E-state index contributed by atoms with van der Waals surface area (Å²) in [5.41, 5.74) is 1.23. The number of rotatable bonds is 5. The van der Waals surface area contributed by atoms with E-state index >= 15 is 0 Å². The zero-order valence-electron chi connectivity index (χ0n) is 10.7. The molecule has 2 heterocycles. The lowest BCUT2D eigenvalue weighted by atomic mass is 9.94. The summed E-state index contributed by atoms with van der Waals surface area (Å²) in [7, 11) is 0. The van der Waals surface area contributed by atoms with E-state index in [1.165, 1.54) is 15.8 Å². The molecule has 0 amide bonds. The first kappa shape index (κ1) is 12.5. The Labute approximate surface area is 107 Å². The van der Waals surface area contributed by atoms with Gasteiger partial charge in [-0.05, 0) is 30.5 Å². The molecule has 92 valence electrons. The van der Waals surface area contributed by atoms with E-state index < -0.39 is 0 Å². The summed E-state index contributed by atoms with van der Waals surface area (Å²) in [6.45, 7) is 7.68. The molecule has 3 heteroatoms. The standard InChI is InChI=1S/C14H20N2S/c1-4-12(15-5-2)10(3)14-11-7-9-17-13(11)6-8-16-14/h6-10,12,15H,4-5H2,1-3H3. The van der Waals surface area contributed by atoms with E-state index in [0.717, 1.165) is 13.0 Å². The first-order valence-electron chi connectivity index (χ1n) is 6.33. The Morgan fingerprint density at radius 1 is 1.35 bits per heavy atom. The monoisotopic (exact) mass is 248 g/mol. The van der Waals surface area contributed by atoms with E-state index in [0.29, 0.717) is 12.0 Å². The Kier molecular flexibility index (Phi) is 4.13. The van der Waals surface area contributed by atoms with Gasteiger partial charge in [-0.2, -0.15) is 0 Å². The number of thiophene rings is 1. The van der Waals surface area contributed by atoms with Gasteiger partial charge in [-0.1, -0.05) is 20.8 Å². The number of nitrogens with one attached hydrogen (secondary N) is 1. The van der Waals surface area contributed by atoms with E-state index in [4.69, 9.17) is 0 Å². The first-order chi connectivity index (χ1) is 8.27. The fourth-order valence-corrected chi connectivity index (χ4v) is 3.20. The molecular formula is C14H20N2S. The van der Waals surface area contributed by atoms with Crippen LogP contribution in [0.25, 0.3) is 10.1 Å². The highest BCUT2D eigenvalue weighted by atomic mass is 32.1. The molecule has 0 aromatic carbocycles. The molecule has 2 nitrogen and oxygen atoms in total. The Morgan fingerprint density at radius 2 is 2.18 bits per heavy atom. The fraction of sp³-hybridized carbons (Fsp3) is 0.500. The van der Waals surface area contributed by atoms with Crippen molar-refractivity contribution in [2.45, 2.75) is 39.2 Å². The number of pyridine rings is 1. The van der Waals surface area contributed by atoms with E-state index in [1.807, 2.05) is 6.20 Å². The topological polar surface area (TPSA) is 24.9 Å². The van der Waals surface area contributed by atoms with Crippen molar-refractivity contribution >= 4 is 21.4 Å². The second-order valence-corrected chi connectivity index (χ2v) is 5.34. The zero-order valence-corrected chi connectivity index (χ0v) is 11.6. The van der Waals surface area contributed by atoms with Gasteiger partial charge in [0.05, 0.1) is 5.69 Å². The van der Waals surface area contributed by atoms with Gasteiger partial charge >= 0.3 is 0 Å². The van der Waals surface area contributed by atoms with Gasteiger partial charge in [0.15, 0.2) is 0 Å². The minimum Gasteiger partial charge on any atom is -0.314 e. The van der Waals surface area contributed by atoms with Gasteiger partial charge in [0.25, 0.3) is 0 Å². The highest BCUT2D eigenvalue weighted by Gasteiger charge is 2.19. The molecule has 0 aliphatic carbocycles. The molecule has 0 radical (unpaired) electrons.